The van der Waals surface area contributed by atoms with Crippen LogP contribution in [0.25, 0.3) is 0 Å². The Balaban J connectivity index is 2.03. The van der Waals surface area contributed by atoms with Crippen molar-refractivity contribution in [1.29, 1.82) is 0 Å². The average Bonchev–Trinajstić information content (AvgIpc) is 2.54. The van der Waals surface area contributed by atoms with Gasteiger partial charge in [-0.1, -0.05) is 24.3 Å². The van der Waals surface area contributed by atoms with Crippen molar-refractivity contribution in [1.82, 2.24) is 10.5 Å². The van der Waals surface area contributed by atoms with Crippen LogP contribution in [0.2, 0.25) is 0 Å². The van der Waals surface area contributed by atoms with Crippen LogP contribution in [-0.2, 0) is 11.3 Å². The van der Waals surface area contributed by atoms with Crippen molar-refractivity contribution in [2.24, 2.45) is 0 Å². The van der Waals surface area contributed by atoms with Crippen molar-refractivity contribution < 1.29 is 9.63 Å². The summed E-state index contributed by atoms with van der Waals surface area (Å²) in [4.78, 5) is 23.3. The molecule has 0 aliphatic carbocycles. The van der Waals surface area contributed by atoms with E-state index >= 15 is 0 Å². The lowest BCUT2D eigenvalue weighted by Gasteiger charge is -2.36. The van der Waals surface area contributed by atoms with Gasteiger partial charge >= 0.3 is 6.03 Å². The highest BCUT2D eigenvalue weighted by Crippen LogP contribution is 2.37. The summed E-state index contributed by atoms with van der Waals surface area (Å²) >= 11 is 0. The molecule has 0 fully saturated rings. The zero-order chi connectivity index (χ0) is 14.7. The Kier molecular flexibility index (Phi) is 3.83. The van der Waals surface area contributed by atoms with E-state index < -0.39 is 0 Å². The molecule has 1 aliphatic rings. The second-order valence-corrected chi connectivity index (χ2v) is 4.92. The molecule has 21 heavy (non-hydrogen) atoms. The number of amides is 2. The highest BCUT2D eigenvalue weighted by molar-refractivity contribution is 5.93. The van der Waals surface area contributed by atoms with E-state index in [1.165, 1.54) is 7.11 Å². The van der Waals surface area contributed by atoms with Crippen molar-refractivity contribution in [3.8, 4) is 0 Å². The zero-order valence-corrected chi connectivity index (χ0v) is 11.8. The predicted octanol–water partition coefficient (Wildman–Crippen LogP) is 2.85. The number of urea groups is 1. The second kappa shape index (κ2) is 5.93. The summed E-state index contributed by atoms with van der Waals surface area (Å²) in [5, 5.41) is 0. The van der Waals surface area contributed by atoms with Gasteiger partial charge in [0.2, 0.25) is 0 Å². The maximum atomic E-state index is 12.4. The first-order valence-electron chi connectivity index (χ1n) is 6.92. The molecular formula is C16H17N3O2. The number of para-hydroxylation sites is 1. The SMILES string of the molecule is CONC(=O)N1c2ccccc2CCC1c1ccccn1. The molecule has 1 atom stereocenters. The number of carbonyl (C=O) groups is 1. The van der Waals surface area contributed by atoms with Crippen LogP contribution in [0.1, 0.15) is 23.7 Å². The Morgan fingerprint density at radius 2 is 2.10 bits per heavy atom. The van der Waals surface area contributed by atoms with Gasteiger partial charge in [0.25, 0.3) is 0 Å². The molecule has 1 N–H and O–H groups in total. The predicted molar refractivity (Wildman–Crippen MR) is 79.8 cm³/mol. The van der Waals surface area contributed by atoms with Gasteiger partial charge in [-0.25, -0.2) is 10.3 Å². The Morgan fingerprint density at radius 1 is 1.29 bits per heavy atom. The van der Waals surface area contributed by atoms with E-state index in [4.69, 9.17) is 4.84 Å². The summed E-state index contributed by atoms with van der Waals surface area (Å²) in [5.41, 5.74) is 5.38. The van der Waals surface area contributed by atoms with Gasteiger partial charge in [-0.2, -0.15) is 0 Å². The molecule has 2 amide bonds. The van der Waals surface area contributed by atoms with Crippen molar-refractivity contribution in [3.05, 3.63) is 59.9 Å². The second-order valence-electron chi connectivity index (χ2n) is 4.92. The van der Waals surface area contributed by atoms with E-state index in [-0.39, 0.29) is 12.1 Å². The number of carbonyl (C=O) groups excluding carboxylic acids is 1. The van der Waals surface area contributed by atoms with Crippen LogP contribution in [0.5, 0.6) is 0 Å². The Bertz CT molecular complexity index is 630. The number of aryl methyl sites for hydroxylation is 1. The number of hydrogen-bond donors (Lipinski definition) is 1. The third kappa shape index (κ3) is 2.60. The molecule has 3 rings (SSSR count). The first-order valence-corrected chi connectivity index (χ1v) is 6.92. The van der Waals surface area contributed by atoms with E-state index in [1.807, 2.05) is 36.4 Å². The number of nitrogens with one attached hydrogen (secondary N) is 1. The number of anilines is 1. The monoisotopic (exact) mass is 283 g/mol. The van der Waals surface area contributed by atoms with Crippen LogP contribution >= 0.6 is 0 Å². The molecule has 5 nitrogen and oxygen atoms in total. The standard InChI is InChI=1S/C16H17N3O2/c1-21-18-16(20)19-14-8-3-2-6-12(14)9-10-15(19)13-7-4-5-11-17-13/h2-8,11,15H,9-10H2,1H3,(H,18,20). The average molecular weight is 283 g/mol. The number of hydroxylamine groups is 1. The van der Waals surface area contributed by atoms with Gasteiger partial charge in [-0.3, -0.25) is 14.7 Å². The normalized spacial score (nSPS) is 17.2. The number of aromatic nitrogens is 1. The van der Waals surface area contributed by atoms with Gasteiger partial charge < -0.3 is 0 Å². The summed E-state index contributed by atoms with van der Waals surface area (Å²) in [5.74, 6) is 0. The van der Waals surface area contributed by atoms with Gasteiger partial charge in [0.15, 0.2) is 0 Å². The quantitative estimate of drug-likeness (QED) is 0.862. The molecule has 0 saturated heterocycles. The first kappa shape index (κ1) is 13.6. The minimum absolute atomic E-state index is 0.0868. The summed E-state index contributed by atoms with van der Waals surface area (Å²) in [7, 11) is 1.43. The molecule has 108 valence electrons. The van der Waals surface area contributed by atoms with E-state index in [9.17, 15) is 4.79 Å². The molecule has 1 aromatic carbocycles. The fraction of sp³-hybridized carbons (Fsp3) is 0.250. The number of hydrogen-bond acceptors (Lipinski definition) is 3. The summed E-state index contributed by atoms with van der Waals surface area (Å²) in [6, 6.07) is 13.3. The molecule has 5 heteroatoms. The van der Waals surface area contributed by atoms with E-state index in [1.54, 1.807) is 11.1 Å². The van der Waals surface area contributed by atoms with Crippen molar-refractivity contribution in [2.75, 3.05) is 12.0 Å². The minimum Gasteiger partial charge on any atom is -0.283 e. The highest BCUT2D eigenvalue weighted by Gasteiger charge is 2.32. The van der Waals surface area contributed by atoms with Crippen molar-refractivity contribution in [2.45, 2.75) is 18.9 Å². The fourth-order valence-corrected chi connectivity index (χ4v) is 2.79. The van der Waals surface area contributed by atoms with Gasteiger partial charge in [-0.15, -0.1) is 0 Å². The molecule has 0 saturated carbocycles. The number of pyridine rings is 1. The highest BCUT2D eigenvalue weighted by atomic mass is 16.6. The number of benzene rings is 1. The van der Waals surface area contributed by atoms with Gasteiger partial charge in [0.1, 0.15) is 0 Å². The number of fused-ring (bicyclic) bond motifs is 1. The molecular weight excluding hydrogens is 266 g/mol. The lowest BCUT2D eigenvalue weighted by molar-refractivity contribution is 0.109. The Hall–Kier alpha value is -2.40. The minimum atomic E-state index is -0.277. The van der Waals surface area contributed by atoms with Crippen molar-refractivity contribution >= 4 is 11.7 Å². The molecule has 0 spiro atoms. The van der Waals surface area contributed by atoms with Crippen molar-refractivity contribution in [3.63, 3.8) is 0 Å². The number of nitrogens with zero attached hydrogens (tertiary/aromatic N) is 2. The summed E-state index contributed by atoms with van der Waals surface area (Å²) in [6.45, 7) is 0. The third-order valence-corrected chi connectivity index (χ3v) is 3.69. The Morgan fingerprint density at radius 3 is 2.86 bits per heavy atom. The third-order valence-electron chi connectivity index (χ3n) is 3.69. The Labute approximate surface area is 123 Å². The molecule has 1 aliphatic heterocycles. The maximum absolute atomic E-state index is 12.4. The lowest BCUT2D eigenvalue weighted by atomic mass is 9.94. The summed E-state index contributed by atoms with van der Waals surface area (Å²) < 4.78 is 0. The number of rotatable bonds is 2. The molecule has 2 aromatic rings. The van der Waals surface area contributed by atoms with Crippen LogP contribution in [0, 0.1) is 0 Å². The van der Waals surface area contributed by atoms with Crippen LogP contribution in [0.3, 0.4) is 0 Å². The smallest absolute Gasteiger partial charge is 0.283 e. The van der Waals surface area contributed by atoms with Gasteiger partial charge in [0, 0.05) is 11.9 Å². The van der Waals surface area contributed by atoms with E-state index in [0.717, 1.165) is 29.8 Å². The molecule has 2 heterocycles. The van der Waals surface area contributed by atoms with Crippen LogP contribution in [0.4, 0.5) is 10.5 Å². The topological polar surface area (TPSA) is 54.5 Å². The molecule has 0 bridgehead atoms. The van der Waals surface area contributed by atoms with Gasteiger partial charge in [-0.05, 0) is 36.6 Å². The fourth-order valence-electron chi connectivity index (χ4n) is 2.79. The first-order chi connectivity index (χ1) is 10.3. The zero-order valence-electron chi connectivity index (χ0n) is 11.8. The van der Waals surface area contributed by atoms with E-state index in [2.05, 4.69) is 16.5 Å². The van der Waals surface area contributed by atoms with Crippen LogP contribution in [-0.4, -0.2) is 18.1 Å². The van der Waals surface area contributed by atoms with Crippen LogP contribution in [0.15, 0.2) is 48.7 Å². The molecule has 1 aromatic heterocycles. The molecule has 1 unspecified atom stereocenters. The lowest BCUT2D eigenvalue weighted by Crippen LogP contribution is -2.44. The summed E-state index contributed by atoms with van der Waals surface area (Å²) in [6.07, 6.45) is 3.52. The maximum Gasteiger partial charge on any atom is 0.346 e. The molecule has 0 radical (unpaired) electrons. The largest absolute Gasteiger partial charge is 0.346 e. The van der Waals surface area contributed by atoms with Crippen LogP contribution < -0.4 is 10.4 Å². The van der Waals surface area contributed by atoms with Gasteiger partial charge in [0.05, 0.1) is 18.8 Å². The van der Waals surface area contributed by atoms with E-state index in [0.29, 0.717) is 0 Å².